The van der Waals surface area contributed by atoms with E-state index in [0.29, 0.717) is 12.0 Å². The summed E-state index contributed by atoms with van der Waals surface area (Å²) < 4.78 is 1.72. The average molecular weight is 327 g/mol. The number of carbonyl (C=O) groups is 2. The quantitative estimate of drug-likeness (QED) is 0.755. The SMILES string of the molecule is Cc1sc2nc(NC(=O)c3ccc4c(c3)CC(=O)N4)nn2c1C. The topological polar surface area (TPSA) is 88.4 Å². The molecule has 7 nitrogen and oxygen atoms in total. The van der Waals surface area contributed by atoms with E-state index in [1.165, 1.54) is 11.3 Å². The zero-order chi connectivity index (χ0) is 16.1. The van der Waals surface area contributed by atoms with Gasteiger partial charge in [0.25, 0.3) is 11.9 Å². The van der Waals surface area contributed by atoms with E-state index < -0.39 is 0 Å². The Balaban J connectivity index is 1.59. The predicted octanol–water partition coefficient (Wildman–Crippen LogP) is 2.15. The number of hydrogen-bond donors (Lipinski definition) is 2. The van der Waals surface area contributed by atoms with Crippen LogP contribution in [0.15, 0.2) is 18.2 Å². The normalized spacial score (nSPS) is 13.2. The fourth-order valence-electron chi connectivity index (χ4n) is 2.54. The highest BCUT2D eigenvalue weighted by molar-refractivity contribution is 7.17. The lowest BCUT2D eigenvalue weighted by Crippen LogP contribution is -2.13. The van der Waals surface area contributed by atoms with E-state index in [1.807, 2.05) is 13.8 Å². The van der Waals surface area contributed by atoms with Gasteiger partial charge in [-0.15, -0.1) is 5.10 Å². The molecule has 0 atom stereocenters. The minimum absolute atomic E-state index is 0.0561. The van der Waals surface area contributed by atoms with Crippen LogP contribution in [0.3, 0.4) is 0 Å². The Labute approximate surface area is 135 Å². The first-order chi connectivity index (χ1) is 11.0. The first kappa shape index (κ1) is 13.9. The van der Waals surface area contributed by atoms with Crippen LogP contribution in [0.4, 0.5) is 11.6 Å². The lowest BCUT2D eigenvalue weighted by atomic mass is 10.1. The van der Waals surface area contributed by atoms with Gasteiger partial charge in [0, 0.05) is 16.1 Å². The maximum Gasteiger partial charge on any atom is 0.258 e. The molecule has 0 saturated heterocycles. The van der Waals surface area contributed by atoms with E-state index in [4.69, 9.17) is 0 Å². The molecule has 0 spiro atoms. The van der Waals surface area contributed by atoms with E-state index in [1.54, 1.807) is 22.7 Å². The third kappa shape index (κ3) is 2.27. The van der Waals surface area contributed by atoms with Gasteiger partial charge >= 0.3 is 0 Å². The molecule has 0 saturated carbocycles. The first-order valence-electron chi connectivity index (χ1n) is 7.08. The highest BCUT2D eigenvalue weighted by Crippen LogP contribution is 2.25. The fourth-order valence-corrected chi connectivity index (χ4v) is 3.44. The summed E-state index contributed by atoms with van der Waals surface area (Å²) in [4.78, 5) is 29.9. The fraction of sp³-hybridized carbons (Fsp3) is 0.200. The van der Waals surface area contributed by atoms with Crippen molar-refractivity contribution >= 4 is 39.7 Å². The van der Waals surface area contributed by atoms with Gasteiger partial charge in [0.1, 0.15) is 0 Å². The molecular weight excluding hydrogens is 314 g/mol. The number of carbonyl (C=O) groups excluding carboxylic acids is 2. The largest absolute Gasteiger partial charge is 0.326 e. The zero-order valence-electron chi connectivity index (χ0n) is 12.5. The number of hydrogen-bond acceptors (Lipinski definition) is 5. The van der Waals surface area contributed by atoms with Crippen LogP contribution >= 0.6 is 11.3 Å². The van der Waals surface area contributed by atoms with Crippen LogP contribution in [0, 0.1) is 13.8 Å². The third-order valence-corrected chi connectivity index (χ3v) is 4.92. The van der Waals surface area contributed by atoms with Crippen molar-refractivity contribution < 1.29 is 9.59 Å². The lowest BCUT2D eigenvalue weighted by Gasteiger charge is -2.03. The average Bonchev–Trinajstić information content (AvgIpc) is 3.13. The number of nitrogens with zero attached hydrogens (tertiary/aromatic N) is 3. The zero-order valence-corrected chi connectivity index (χ0v) is 13.3. The van der Waals surface area contributed by atoms with Crippen LogP contribution in [0.5, 0.6) is 0 Å². The molecule has 2 aromatic heterocycles. The second-order valence-electron chi connectivity index (χ2n) is 5.42. The van der Waals surface area contributed by atoms with Gasteiger partial charge in [-0.25, -0.2) is 4.52 Å². The van der Waals surface area contributed by atoms with E-state index in [9.17, 15) is 9.59 Å². The van der Waals surface area contributed by atoms with E-state index in [2.05, 4.69) is 20.7 Å². The molecule has 0 aliphatic carbocycles. The van der Waals surface area contributed by atoms with Gasteiger partial charge in [-0.05, 0) is 37.6 Å². The van der Waals surface area contributed by atoms with Crippen LogP contribution in [0.1, 0.15) is 26.5 Å². The molecular formula is C15H13N5O2S. The Morgan fingerprint density at radius 3 is 3.00 bits per heavy atom. The summed E-state index contributed by atoms with van der Waals surface area (Å²) in [5.74, 6) is -0.0711. The molecule has 4 rings (SSSR count). The van der Waals surface area contributed by atoms with Gasteiger partial charge in [0.05, 0.1) is 12.1 Å². The van der Waals surface area contributed by atoms with E-state index in [-0.39, 0.29) is 17.8 Å². The molecule has 3 heterocycles. The molecule has 23 heavy (non-hydrogen) atoms. The van der Waals surface area contributed by atoms with Crippen molar-refractivity contribution in [2.45, 2.75) is 20.3 Å². The van der Waals surface area contributed by atoms with Gasteiger partial charge in [-0.2, -0.15) is 4.98 Å². The molecule has 0 unspecified atom stereocenters. The molecule has 116 valence electrons. The van der Waals surface area contributed by atoms with Crippen molar-refractivity contribution in [3.63, 3.8) is 0 Å². The summed E-state index contributed by atoms with van der Waals surface area (Å²) >= 11 is 1.53. The Morgan fingerprint density at radius 1 is 1.39 bits per heavy atom. The Bertz CT molecular complexity index is 972. The van der Waals surface area contributed by atoms with E-state index in [0.717, 1.165) is 26.8 Å². The highest BCUT2D eigenvalue weighted by Gasteiger charge is 2.20. The number of nitrogens with one attached hydrogen (secondary N) is 2. The molecule has 0 radical (unpaired) electrons. The van der Waals surface area contributed by atoms with Crippen LogP contribution in [-0.2, 0) is 11.2 Å². The van der Waals surface area contributed by atoms with Crippen molar-refractivity contribution in [2.24, 2.45) is 0 Å². The van der Waals surface area contributed by atoms with Crippen molar-refractivity contribution in [2.75, 3.05) is 10.6 Å². The number of thiazole rings is 1. The smallest absolute Gasteiger partial charge is 0.258 e. The van der Waals surface area contributed by atoms with Crippen molar-refractivity contribution in [1.29, 1.82) is 0 Å². The molecule has 2 amide bonds. The number of fused-ring (bicyclic) bond motifs is 2. The van der Waals surface area contributed by atoms with Crippen LogP contribution in [0.2, 0.25) is 0 Å². The Hall–Kier alpha value is -2.74. The van der Waals surface area contributed by atoms with Gasteiger partial charge in [0.15, 0.2) is 0 Å². The Morgan fingerprint density at radius 2 is 2.22 bits per heavy atom. The molecule has 8 heteroatoms. The summed E-state index contributed by atoms with van der Waals surface area (Å²) in [5, 5.41) is 9.74. The van der Waals surface area contributed by atoms with Crippen molar-refractivity contribution in [1.82, 2.24) is 14.6 Å². The number of aromatic nitrogens is 3. The second-order valence-corrected chi connectivity index (χ2v) is 6.61. The van der Waals surface area contributed by atoms with Crippen molar-refractivity contribution in [3.05, 3.63) is 39.9 Å². The summed E-state index contributed by atoms with van der Waals surface area (Å²) in [6, 6.07) is 5.13. The van der Waals surface area contributed by atoms with Gasteiger partial charge in [0.2, 0.25) is 10.9 Å². The minimum atomic E-state index is -0.292. The molecule has 1 aliphatic heterocycles. The van der Waals surface area contributed by atoms with Gasteiger partial charge in [-0.3, -0.25) is 14.9 Å². The minimum Gasteiger partial charge on any atom is -0.326 e. The maximum absolute atomic E-state index is 12.3. The molecule has 0 bridgehead atoms. The molecule has 2 N–H and O–H groups in total. The van der Waals surface area contributed by atoms with Gasteiger partial charge < -0.3 is 5.32 Å². The number of benzene rings is 1. The highest BCUT2D eigenvalue weighted by atomic mass is 32.1. The first-order valence-corrected chi connectivity index (χ1v) is 7.90. The maximum atomic E-state index is 12.3. The molecule has 3 aromatic rings. The monoisotopic (exact) mass is 327 g/mol. The summed E-state index contributed by atoms with van der Waals surface area (Å²) in [5.41, 5.74) is 3.08. The van der Waals surface area contributed by atoms with E-state index >= 15 is 0 Å². The predicted molar refractivity (Wildman–Crippen MR) is 87.1 cm³/mol. The number of aryl methyl sites for hydroxylation is 2. The molecule has 0 fully saturated rings. The van der Waals surface area contributed by atoms with Crippen LogP contribution in [0.25, 0.3) is 4.96 Å². The number of rotatable bonds is 2. The second kappa shape index (κ2) is 4.88. The summed E-state index contributed by atoms with van der Waals surface area (Å²) in [6.45, 7) is 3.97. The summed E-state index contributed by atoms with van der Waals surface area (Å²) in [7, 11) is 0. The summed E-state index contributed by atoms with van der Waals surface area (Å²) in [6.07, 6.45) is 0.299. The van der Waals surface area contributed by atoms with Gasteiger partial charge in [-0.1, -0.05) is 11.3 Å². The lowest BCUT2D eigenvalue weighted by molar-refractivity contribution is -0.115. The number of anilines is 2. The number of amides is 2. The third-order valence-electron chi connectivity index (χ3n) is 3.87. The molecule has 1 aliphatic rings. The molecule has 1 aromatic carbocycles. The van der Waals surface area contributed by atoms with Crippen LogP contribution < -0.4 is 10.6 Å². The van der Waals surface area contributed by atoms with Crippen molar-refractivity contribution in [3.8, 4) is 0 Å². The van der Waals surface area contributed by atoms with Crippen LogP contribution in [-0.4, -0.2) is 26.4 Å². The standard InChI is InChI=1S/C15H13N5O2S/c1-7-8(2)23-15-18-14(19-20(7)15)17-13(22)9-3-4-11-10(5-9)6-12(21)16-11/h3-5H,6H2,1-2H3,(H,16,21)(H,17,19,22). The Kier molecular flexibility index (Phi) is 2.95.